The summed E-state index contributed by atoms with van der Waals surface area (Å²) in [4.78, 5) is 14.9. The van der Waals surface area contributed by atoms with Crippen LogP contribution in [0.1, 0.15) is 72.1 Å². The quantitative estimate of drug-likeness (QED) is 0.223. The van der Waals surface area contributed by atoms with Crippen molar-refractivity contribution in [2.75, 3.05) is 0 Å². The summed E-state index contributed by atoms with van der Waals surface area (Å²) in [5.41, 5.74) is -0.237. The Kier molecular flexibility index (Phi) is 11.6. The van der Waals surface area contributed by atoms with Gasteiger partial charge in [0.2, 0.25) is 5.88 Å². The fourth-order valence-electron chi connectivity index (χ4n) is 4.42. The number of aliphatic hydroxyl groups excluding tert-OH is 2. The van der Waals surface area contributed by atoms with Crippen molar-refractivity contribution in [3.05, 3.63) is 47.7 Å². The highest BCUT2D eigenvalue weighted by molar-refractivity contribution is 6.30. The van der Waals surface area contributed by atoms with Crippen molar-refractivity contribution in [3.8, 4) is 5.88 Å². The first-order chi connectivity index (χ1) is 16.1. The smallest absolute Gasteiger partial charge is 0.303 e. The third-order valence-electron chi connectivity index (χ3n) is 6.69. The van der Waals surface area contributed by atoms with Gasteiger partial charge < -0.3 is 20.1 Å². The number of carboxylic acids is 1. The molecule has 0 radical (unpaired) electrons. The van der Waals surface area contributed by atoms with Gasteiger partial charge in [0.15, 0.2) is 0 Å². The first kappa shape index (κ1) is 28.3. The summed E-state index contributed by atoms with van der Waals surface area (Å²) < 4.78 is 6.14. The van der Waals surface area contributed by atoms with Crippen molar-refractivity contribution in [3.63, 3.8) is 0 Å². The second-order valence-electron chi connectivity index (χ2n) is 9.93. The van der Waals surface area contributed by atoms with Crippen LogP contribution < -0.4 is 4.74 Å². The van der Waals surface area contributed by atoms with E-state index in [9.17, 15) is 15.0 Å². The molecule has 7 heteroatoms. The van der Waals surface area contributed by atoms with Crippen LogP contribution in [0.2, 0.25) is 5.02 Å². The topological polar surface area (TPSA) is 99.9 Å². The zero-order valence-electron chi connectivity index (χ0n) is 20.6. The Hall–Kier alpha value is -1.89. The maximum atomic E-state index is 10.9. The Morgan fingerprint density at radius 2 is 2.09 bits per heavy atom. The molecule has 0 spiro atoms. The summed E-state index contributed by atoms with van der Waals surface area (Å²) in [5, 5.41) is 31.0. The molecule has 5 atom stereocenters. The summed E-state index contributed by atoms with van der Waals surface area (Å²) in [6.07, 6.45) is 13.6. The van der Waals surface area contributed by atoms with Gasteiger partial charge in [0.25, 0.3) is 0 Å². The SMILES string of the molecule is CCCCC(C)(C)C(O)/C=C/[C@@H]1[C@@H](C/C=C\CCCC(=O)O)[C@H](Oc2ccc(Cl)cn2)C[C@H]1O. The highest BCUT2D eigenvalue weighted by Gasteiger charge is 2.42. The van der Waals surface area contributed by atoms with E-state index in [4.69, 9.17) is 21.4 Å². The van der Waals surface area contributed by atoms with E-state index < -0.39 is 18.2 Å². The monoisotopic (exact) mass is 493 g/mol. The number of ether oxygens (including phenoxy) is 1. The summed E-state index contributed by atoms with van der Waals surface area (Å²) >= 11 is 5.94. The summed E-state index contributed by atoms with van der Waals surface area (Å²) in [6, 6.07) is 3.44. The normalized spacial score (nSPS) is 24.2. The van der Waals surface area contributed by atoms with E-state index in [0.29, 0.717) is 36.6 Å². The van der Waals surface area contributed by atoms with E-state index in [0.717, 1.165) is 19.3 Å². The molecule has 1 fully saturated rings. The van der Waals surface area contributed by atoms with Crippen molar-refractivity contribution < 1.29 is 24.9 Å². The van der Waals surface area contributed by atoms with Gasteiger partial charge in [0, 0.05) is 36.9 Å². The van der Waals surface area contributed by atoms with Crippen LogP contribution in [0.4, 0.5) is 0 Å². The van der Waals surface area contributed by atoms with Crippen LogP contribution in [0.5, 0.6) is 5.88 Å². The molecule has 1 unspecified atom stereocenters. The number of aromatic nitrogens is 1. The fourth-order valence-corrected chi connectivity index (χ4v) is 4.53. The first-order valence-corrected chi connectivity index (χ1v) is 12.7. The molecule has 6 nitrogen and oxygen atoms in total. The number of aliphatic carboxylic acids is 1. The van der Waals surface area contributed by atoms with Gasteiger partial charge in [-0.2, -0.15) is 0 Å². The molecule has 0 saturated heterocycles. The van der Waals surface area contributed by atoms with E-state index >= 15 is 0 Å². The predicted molar refractivity (Wildman–Crippen MR) is 135 cm³/mol. The lowest BCUT2D eigenvalue weighted by atomic mass is 9.80. The molecule has 190 valence electrons. The highest BCUT2D eigenvalue weighted by Crippen LogP contribution is 2.39. The first-order valence-electron chi connectivity index (χ1n) is 12.3. The molecule has 1 aromatic heterocycles. The molecule has 1 aliphatic rings. The number of allylic oxidation sites excluding steroid dienone is 2. The summed E-state index contributed by atoms with van der Waals surface area (Å²) in [6.45, 7) is 6.28. The van der Waals surface area contributed by atoms with Gasteiger partial charge in [0.05, 0.1) is 17.2 Å². The molecular weight excluding hydrogens is 454 g/mol. The molecule has 1 saturated carbocycles. The van der Waals surface area contributed by atoms with E-state index in [-0.39, 0.29) is 29.8 Å². The Morgan fingerprint density at radius 1 is 1.32 bits per heavy atom. The molecule has 3 N–H and O–H groups in total. The molecule has 1 aromatic rings. The van der Waals surface area contributed by atoms with Crippen LogP contribution >= 0.6 is 11.6 Å². The predicted octanol–water partition coefficient (Wildman–Crippen LogP) is 5.81. The molecule has 2 rings (SSSR count). The van der Waals surface area contributed by atoms with Gasteiger partial charge in [-0.3, -0.25) is 4.79 Å². The average molecular weight is 494 g/mol. The molecule has 0 aromatic carbocycles. The third-order valence-corrected chi connectivity index (χ3v) is 6.91. The van der Waals surface area contributed by atoms with Gasteiger partial charge in [-0.25, -0.2) is 4.98 Å². The van der Waals surface area contributed by atoms with Crippen LogP contribution in [-0.4, -0.2) is 44.6 Å². The van der Waals surface area contributed by atoms with Crippen molar-refractivity contribution in [1.29, 1.82) is 0 Å². The zero-order chi connectivity index (χ0) is 25.1. The fraction of sp³-hybridized carbons (Fsp3) is 0.630. The summed E-state index contributed by atoms with van der Waals surface area (Å²) in [7, 11) is 0. The van der Waals surface area contributed by atoms with E-state index in [1.165, 1.54) is 6.20 Å². The van der Waals surface area contributed by atoms with Crippen molar-refractivity contribution in [2.24, 2.45) is 17.3 Å². The van der Waals surface area contributed by atoms with E-state index in [1.807, 2.05) is 24.3 Å². The molecule has 0 aliphatic heterocycles. The second kappa shape index (κ2) is 13.9. The minimum Gasteiger partial charge on any atom is -0.481 e. The number of rotatable bonds is 14. The van der Waals surface area contributed by atoms with Crippen LogP contribution in [-0.2, 0) is 4.79 Å². The van der Waals surface area contributed by atoms with Crippen LogP contribution in [0.25, 0.3) is 0 Å². The Bertz CT molecular complexity index is 808. The molecule has 1 heterocycles. The van der Waals surface area contributed by atoms with Crippen LogP contribution in [0.15, 0.2) is 42.6 Å². The van der Waals surface area contributed by atoms with E-state index in [2.05, 4.69) is 25.8 Å². The highest BCUT2D eigenvalue weighted by atomic mass is 35.5. The van der Waals surface area contributed by atoms with E-state index in [1.54, 1.807) is 12.1 Å². The number of nitrogens with zero attached hydrogens (tertiary/aromatic N) is 1. The number of carboxylic acid groups (broad SMARTS) is 1. The summed E-state index contributed by atoms with van der Waals surface area (Å²) in [5.74, 6) is -0.507. The maximum Gasteiger partial charge on any atom is 0.303 e. The average Bonchev–Trinajstić information content (AvgIpc) is 3.08. The lowest BCUT2D eigenvalue weighted by Gasteiger charge is -2.29. The number of hydrogen-bond acceptors (Lipinski definition) is 5. The molecule has 0 amide bonds. The van der Waals surface area contributed by atoms with Crippen LogP contribution in [0, 0.1) is 17.3 Å². The molecule has 34 heavy (non-hydrogen) atoms. The van der Waals surface area contributed by atoms with Crippen molar-refractivity contribution in [2.45, 2.75) is 90.4 Å². The standard InChI is InChI=1S/C27H40ClNO5/c1-4-5-16-27(2,3)24(31)14-13-20-21(10-8-6-7-9-11-26(32)33)23(17-22(20)30)34-25-15-12-19(28)18-29-25/h6,8,12-15,18,20-24,30-31H,4-5,7,9-11,16-17H2,1-3H3,(H,32,33)/b8-6-,14-13+/t20-,21-,22-,23-,24?/m1/s1. The van der Waals surface area contributed by atoms with Gasteiger partial charge >= 0.3 is 5.97 Å². The van der Waals surface area contributed by atoms with Gasteiger partial charge in [-0.1, -0.05) is 69.5 Å². The number of aliphatic hydroxyl groups is 2. The van der Waals surface area contributed by atoms with Gasteiger partial charge in [0.1, 0.15) is 6.10 Å². The largest absolute Gasteiger partial charge is 0.481 e. The Balaban J connectivity index is 2.12. The second-order valence-corrected chi connectivity index (χ2v) is 10.4. The van der Waals surface area contributed by atoms with Gasteiger partial charge in [-0.15, -0.1) is 0 Å². The number of carbonyl (C=O) groups is 1. The van der Waals surface area contributed by atoms with Crippen LogP contribution in [0.3, 0.4) is 0 Å². The molecule has 1 aliphatic carbocycles. The van der Waals surface area contributed by atoms with Crippen molar-refractivity contribution >= 4 is 17.6 Å². The number of halogens is 1. The molecular formula is C27H40ClNO5. The third kappa shape index (κ3) is 9.05. The van der Waals surface area contributed by atoms with Gasteiger partial charge in [-0.05, 0) is 37.2 Å². The maximum absolute atomic E-state index is 10.9. The number of hydrogen-bond donors (Lipinski definition) is 3. The molecule has 0 bridgehead atoms. The minimum absolute atomic E-state index is 0.00888. The van der Waals surface area contributed by atoms with Crippen molar-refractivity contribution in [1.82, 2.24) is 4.98 Å². The zero-order valence-corrected chi connectivity index (χ0v) is 21.3. The lowest BCUT2D eigenvalue weighted by molar-refractivity contribution is -0.137. The number of pyridine rings is 1. The lowest BCUT2D eigenvalue weighted by Crippen LogP contribution is -2.28. The number of unbranched alkanes of at least 4 members (excludes halogenated alkanes) is 2. The Morgan fingerprint density at radius 3 is 2.74 bits per heavy atom. The minimum atomic E-state index is -0.790. The Labute approximate surface area is 208 Å².